The first-order chi connectivity index (χ1) is 9.54. The van der Waals surface area contributed by atoms with Crippen LogP contribution in [-0.4, -0.2) is 48.4 Å². The number of rotatable bonds is 5. The first-order valence-electron chi connectivity index (χ1n) is 5.71. The van der Waals surface area contributed by atoms with E-state index in [4.69, 9.17) is 5.11 Å². The lowest BCUT2D eigenvalue weighted by atomic mass is 10.5. The maximum absolute atomic E-state index is 11.5. The zero-order chi connectivity index (χ0) is 14.5. The van der Waals surface area contributed by atoms with E-state index < -0.39 is 5.97 Å². The Morgan fingerprint density at radius 3 is 2.80 bits per heavy atom. The maximum Gasteiger partial charge on any atom is 0.358 e. The lowest BCUT2D eigenvalue weighted by molar-refractivity contribution is 0.0690. The maximum atomic E-state index is 11.5. The highest BCUT2D eigenvalue weighted by Crippen LogP contribution is 2.02. The van der Waals surface area contributed by atoms with Crippen LogP contribution in [0.1, 0.15) is 10.5 Å². The predicted molar refractivity (Wildman–Crippen MR) is 67.2 cm³/mol. The normalized spacial score (nSPS) is 10.2. The van der Waals surface area contributed by atoms with Crippen molar-refractivity contribution in [3.05, 3.63) is 24.3 Å². The first-order valence-corrected chi connectivity index (χ1v) is 5.71. The molecule has 10 heteroatoms. The molecular formula is C10H13N7O3. The summed E-state index contributed by atoms with van der Waals surface area (Å²) in [6.07, 6.45) is 4.48. The van der Waals surface area contributed by atoms with E-state index in [0.29, 0.717) is 12.2 Å². The topological polar surface area (TPSA) is 127 Å². The highest BCUT2D eigenvalue weighted by molar-refractivity contribution is 5.88. The summed E-state index contributed by atoms with van der Waals surface area (Å²) in [5.41, 5.74) is 0.448. The number of amides is 2. The van der Waals surface area contributed by atoms with E-state index in [1.54, 1.807) is 17.9 Å². The van der Waals surface area contributed by atoms with Gasteiger partial charge in [-0.05, 0) is 0 Å². The average Bonchev–Trinajstić information content (AvgIpc) is 2.99. The van der Waals surface area contributed by atoms with Gasteiger partial charge in [0.15, 0.2) is 5.69 Å². The SMILES string of the molecule is Cn1cc(NC(=O)NCCn2cc(C(=O)O)nn2)cn1. The number of carbonyl (C=O) groups is 2. The highest BCUT2D eigenvalue weighted by atomic mass is 16.4. The molecule has 2 heterocycles. The molecule has 0 saturated carbocycles. The number of carboxylic acid groups (broad SMARTS) is 1. The zero-order valence-electron chi connectivity index (χ0n) is 10.6. The monoisotopic (exact) mass is 279 g/mol. The van der Waals surface area contributed by atoms with Crippen LogP contribution in [0.15, 0.2) is 18.6 Å². The molecule has 0 fully saturated rings. The Kier molecular flexibility index (Phi) is 3.93. The van der Waals surface area contributed by atoms with Crippen molar-refractivity contribution in [2.24, 2.45) is 7.05 Å². The molecule has 20 heavy (non-hydrogen) atoms. The summed E-state index contributed by atoms with van der Waals surface area (Å²) in [6, 6.07) is -0.378. The number of nitrogens with one attached hydrogen (secondary N) is 2. The third-order valence-electron chi connectivity index (χ3n) is 2.35. The third-order valence-corrected chi connectivity index (χ3v) is 2.35. The Labute approximate surface area is 113 Å². The molecule has 0 atom stereocenters. The molecule has 0 spiro atoms. The second kappa shape index (κ2) is 5.82. The van der Waals surface area contributed by atoms with Crippen LogP contribution in [0.3, 0.4) is 0 Å². The van der Waals surface area contributed by atoms with E-state index in [1.807, 2.05) is 0 Å². The number of carboxylic acids is 1. The van der Waals surface area contributed by atoms with Crippen molar-refractivity contribution in [3.63, 3.8) is 0 Å². The van der Waals surface area contributed by atoms with Crippen LogP contribution in [0, 0.1) is 0 Å². The summed E-state index contributed by atoms with van der Waals surface area (Å²) in [7, 11) is 1.74. The van der Waals surface area contributed by atoms with Gasteiger partial charge in [0.2, 0.25) is 0 Å². The third kappa shape index (κ3) is 3.54. The number of hydrogen-bond acceptors (Lipinski definition) is 5. The van der Waals surface area contributed by atoms with E-state index in [1.165, 1.54) is 17.1 Å². The molecule has 2 aromatic rings. The summed E-state index contributed by atoms with van der Waals surface area (Å²) in [5.74, 6) is -1.14. The van der Waals surface area contributed by atoms with E-state index in [-0.39, 0.29) is 18.3 Å². The second-order valence-electron chi connectivity index (χ2n) is 3.96. The standard InChI is InChI=1S/C10H13N7O3/c1-16-5-7(4-12-16)13-10(20)11-2-3-17-6-8(9(18)19)14-15-17/h4-6H,2-3H2,1H3,(H,18,19)(H2,11,13,20). The van der Waals surface area contributed by atoms with E-state index >= 15 is 0 Å². The molecule has 0 aliphatic heterocycles. The molecule has 0 aromatic carbocycles. The summed E-state index contributed by atoms with van der Waals surface area (Å²) >= 11 is 0. The Morgan fingerprint density at radius 1 is 1.40 bits per heavy atom. The number of aromatic carboxylic acids is 1. The zero-order valence-corrected chi connectivity index (χ0v) is 10.6. The minimum absolute atomic E-state index is 0.134. The molecule has 0 bridgehead atoms. The molecule has 0 aliphatic rings. The van der Waals surface area contributed by atoms with E-state index in [2.05, 4.69) is 26.0 Å². The van der Waals surface area contributed by atoms with Crippen LogP contribution in [-0.2, 0) is 13.6 Å². The minimum atomic E-state index is -1.14. The molecule has 0 aliphatic carbocycles. The largest absolute Gasteiger partial charge is 0.476 e. The highest BCUT2D eigenvalue weighted by Gasteiger charge is 2.08. The summed E-state index contributed by atoms with van der Waals surface area (Å²) in [6.45, 7) is 0.606. The Hall–Kier alpha value is -2.91. The Morgan fingerprint density at radius 2 is 2.20 bits per heavy atom. The van der Waals surface area contributed by atoms with Crippen molar-refractivity contribution in [2.45, 2.75) is 6.54 Å². The Balaban J connectivity index is 1.74. The summed E-state index contributed by atoms with van der Waals surface area (Å²) in [4.78, 5) is 22.1. The molecular weight excluding hydrogens is 266 g/mol. The number of aryl methyl sites for hydroxylation is 1. The van der Waals surface area contributed by atoms with Gasteiger partial charge in [-0.2, -0.15) is 5.10 Å². The van der Waals surface area contributed by atoms with Crippen LogP contribution in [0.2, 0.25) is 0 Å². The molecule has 2 rings (SSSR count). The lowest BCUT2D eigenvalue weighted by Crippen LogP contribution is -2.31. The molecule has 2 aromatic heterocycles. The quantitative estimate of drug-likeness (QED) is 0.679. The van der Waals surface area contributed by atoms with Gasteiger partial charge >= 0.3 is 12.0 Å². The average molecular weight is 279 g/mol. The number of nitrogens with zero attached hydrogens (tertiary/aromatic N) is 5. The van der Waals surface area contributed by atoms with Gasteiger partial charge in [0.1, 0.15) is 0 Å². The molecule has 0 unspecified atom stereocenters. The number of anilines is 1. The fourth-order valence-electron chi connectivity index (χ4n) is 1.45. The van der Waals surface area contributed by atoms with Crippen molar-refractivity contribution in [2.75, 3.05) is 11.9 Å². The van der Waals surface area contributed by atoms with Gasteiger partial charge in [-0.3, -0.25) is 4.68 Å². The van der Waals surface area contributed by atoms with Crippen LogP contribution < -0.4 is 10.6 Å². The smallest absolute Gasteiger partial charge is 0.358 e. The number of urea groups is 1. The number of hydrogen-bond donors (Lipinski definition) is 3. The van der Waals surface area contributed by atoms with Crippen molar-refractivity contribution in [1.82, 2.24) is 30.1 Å². The van der Waals surface area contributed by atoms with Crippen molar-refractivity contribution in [1.29, 1.82) is 0 Å². The molecule has 10 nitrogen and oxygen atoms in total. The fraction of sp³-hybridized carbons (Fsp3) is 0.300. The Bertz CT molecular complexity index is 618. The number of carbonyl (C=O) groups excluding carboxylic acids is 1. The number of aromatic nitrogens is 5. The minimum Gasteiger partial charge on any atom is -0.476 e. The lowest BCUT2D eigenvalue weighted by Gasteiger charge is -2.05. The molecule has 106 valence electrons. The summed E-state index contributed by atoms with van der Waals surface area (Å²) < 4.78 is 2.91. The van der Waals surface area contributed by atoms with Gasteiger partial charge in [0.05, 0.1) is 24.6 Å². The summed E-state index contributed by atoms with van der Waals surface area (Å²) in [5, 5.41) is 24.9. The van der Waals surface area contributed by atoms with E-state index in [0.717, 1.165) is 0 Å². The van der Waals surface area contributed by atoms with Crippen LogP contribution in [0.4, 0.5) is 10.5 Å². The fourth-order valence-corrected chi connectivity index (χ4v) is 1.45. The second-order valence-corrected chi connectivity index (χ2v) is 3.96. The van der Waals surface area contributed by atoms with Gasteiger partial charge in [0, 0.05) is 19.8 Å². The molecule has 3 N–H and O–H groups in total. The predicted octanol–water partition coefficient (Wildman–Crippen LogP) is -0.469. The van der Waals surface area contributed by atoms with Gasteiger partial charge < -0.3 is 15.7 Å². The van der Waals surface area contributed by atoms with E-state index in [9.17, 15) is 9.59 Å². The molecule has 0 saturated heterocycles. The van der Waals surface area contributed by atoms with Crippen molar-refractivity contribution >= 4 is 17.7 Å². The van der Waals surface area contributed by atoms with Gasteiger partial charge in [-0.25, -0.2) is 14.3 Å². The van der Waals surface area contributed by atoms with Crippen molar-refractivity contribution in [3.8, 4) is 0 Å². The molecule has 2 amide bonds. The van der Waals surface area contributed by atoms with Crippen molar-refractivity contribution < 1.29 is 14.7 Å². The first kappa shape index (κ1) is 13.5. The van der Waals surface area contributed by atoms with Gasteiger partial charge in [0.25, 0.3) is 0 Å². The van der Waals surface area contributed by atoms with Gasteiger partial charge in [-0.1, -0.05) is 5.21 Å². The van der Waals surface area contributed by atoms with Crippen LogP contribution in [0.25, 0.3) is 0 Å². The molecule has 0 radical (unpaired) electrons. The van der Waals surface area contributed by atoms with Gasteiger partial charge in [-0.15, -0.1) is 5.10 Å². The van der Waals surface area contributed by atoms with Crippen LogP contribution >= 0.6 is 0 Å². The van der Waals surface area contributed by atoms with Crippen LogP contribution in [0.5, 0.6) is 0 Å².